The highest BCUT2D eigenvalue weighted by atomic mass is 19.1. The minimum absolute atomic E-state index is 0.214. The Balaban J connectivity index is 1.18. The Kier molecular flexibility index (Phi) is 8.40. The molecule has 0 nitrogen and oxygen atoms in total. The molecule has 0 radical (unpaired) electrons. The lowest BCUT2D eigenvalue weighted by atomic mass is 9.96. The summed E-state index contributed by atoms with van der Waals surface area (Å²) in [5.41, 5.74) is 9.59. The largest absolute Gasteiger partial charge is 0.206 e. The van der Waals surface area contributed by atoms with Crippen LogP contribution in [0.1, 0.15) is 47.6 Å². The maximum atomic E-state index is 15.3. The molecule has 0 amide bonds. The Hall–Kier alpha value is -5.00. The van der Waals surface area contributed by atoms with Crippen LogP contribution in [-0.4, -0.2) is 0 Å². The van der Waals surface area contributed by atoms with E-state index >= 15 is 4.39 Å². The van der Waals surface area contributed by atoms with Crippen LogP contribution in [-0.2, 0) is 6.42 Å². The van der Waals surface area contributed by atoms with Gasteiger partial charge < -0.3 is 0 Å². The fourth-order valence-electron chi connectivity index (χ4n) is 5.67. The van der Waals surface area contributed by atoms with Crippen LogP contribution in [0.2, 0.25) is 0 Å². The van der Waals surface area contributed by atoms with Gasteiger partial charge in [-0.25, -0.2) is 8.78 Å². The molecule has 0 aromatic heterocycles. The highest BCUT2D eigenvalue weighted by Crippen LogP contribution is 2.30. The predicted octanol–water partition coefficient (Wildman–Crippen LogP) is 11.5. The number of hydrogen-bond acceptors (Lipinski definition) is 0. The molecule has 0 saturated carbocycles. The van der Waals surface area contributed by atoms with E-state index in [0.717, 1.165) is 63.8 Å². The van der Waals surface area contributed by atoms with Gasteiger partial charge in [-0.15, -0.1) is 0 Å². The first-order valence-corrected chi connectivity index (χ1v) is 15.2. The number of fused-ring (bicyclic) bond motifs is 1. The summed E-state index contributed by atoms with van der Waals surface area (Å²) in [6.45, 7) is 6.12. The van der Waals surface area contributed by atoms with E-state index in [1.807, 2.05) is 61.5 Å². The van der Waals surface area contributed by atoms with E-state index in [1.54, 1.807) is 12.1 Å². The van der Waals surface area contributed by atoms with Gasteiger partial charge in [0.25, 0.3) is 0 Å². The average molecular weight is 577 g/mol. The average Bonchev–Trinajstić information content (AvgIpc) is 3.03. The molecular weight excluding hydrogens is 542 g/mol. The fraction of sp³-hybridized carbons (Fsp3) is 0.143. The minimum Gasteiger partial charge on any atom is -0.206 e. The lowest BCUT2D eigenvalue weighted by Gasteiger charge is -2.09. The molecule has 0 spiro atoms. The summed E-state index contributed by atoms with van der Waals surface area (Å²) < 4.78 is 30.1. The lowest BCUT2D eigenvalue weighted by Crippen LogP contribution is -1.92. The SMILES string of the molecule is CCCCc1ccc(-c2ccc(C#Cc3c(C)cc(-c4ccc(-c5ccc6cc(C)ccc6c5)cc4)cc3F)cc2)c(F)c1. The summed E-state index contributed by atoms with van der Waals surface area (Å²) in [5, 5.41) is 2.44. The topological polar surface area (TPSA) is 0 Å². The smallest absolute Gasteiger partial charge is 0.139 e. The van der Waals surface area contributed by atoms with E-state index in [2.05, 4.69) is 74.2 Å². The van der Waals surface area contributed by atoms with Crippen LogP contribution in [0.15, 0.2) is 115 Å². The third kappa shape index (κ3) is 6.34. The number of benzene rings is 6. The molecule has 0 atom stereocenters. The van der Waals surface area contributed by atoms with Crippen molar-refractivity contribution in [1.82, 2.24) is 0 Å². The van der Waals surface area contributed by atoms with Gasteiger partial charge in [-0.1, -0.05) is 110 Å². The molecule has 44 heavy (non-hydrogen) atoms. The van der Waals surface area contributed by atoms with E-state index in [4.69, 9.17) is 0 Å². The molecule has 0 heterocycles. The Morgan fingerprint density at radius 2 is 1.20 bits per heavy atom. The normalized spacial score (nSPS) is 10.9. The Bertz CT molecular complexity index is 2000. The van der Waals surface area contributed by atoms with Crippen LogP contribution in [0.4, 0.5) is 8.78 Å². The van der Waals surface area contributed by atoms with Gasteiger partial charge in [-0.05, 0) is 113 Å². The Morgan fingerprint density at radius 3 is 1.91 bits per heavy atom. The molecule has 6 aromatic rings. The molecule has 0 saturated heterocycles. The van der Waals surface area contributed by atoms with Crippen molar-refractivity contribution >= 4 is 10.8 Å². The van der Waals surface area contributed by atoms with Crippen LogP contribution in [0.3, 0.4) is 0 Å². The summed E-state index contributed by atoms with van der Waals surface area (Å²) in [5.74, 6) is 5.55. The van der Waals surface area contributed by atoms with Crippen molar-refractivity contribution in [2.24, 2.45) is 0 Å². The third-order valence-corrected chi connectivity index (χ3v) is 8.21. The number of unbranched alkanes of at least 4 members (excludes halogenated alkanes) is 1. The molecule has 0 unspecified atom stereocenters. The van der Waals surface area contributed by atoms with Gasteiger partial charge in [0.2, 0.25) is 0 Å². The van der Waals surface area contributed by atoms with Crippen molar-refractivity contribution < 1.29 is 8.78 Å². The molecule has 0 fully saturated rings. The maximum Gasteiger partial charge on any atom is 0.139 e. The summed E-state index contributed by atoms with van der Waals surface area (Å²) in [6, 6.07) is 37.7. The summed E-state index contributed by atoms with van der Waals surface area (Å²) >= 11 is 0. The van der Waals surface area contributed by atoms with Crippen LogP contribution >= 0.6 is 0 Å². The van der Waals surface area contributed by atoms with Crippen molar-refractivity contribution in [3.63, 3.8) is 0 Å². The molecule has 0 aliphatic carbocycles. The Labute approximate surface area is 259 Å². The minimum atomic E-state index is -0.344. The maximum absolute atomic E-state index is 15.3. The molecular formula is C42H34F2. The molecule has 0 aliphatic rings. The number of rotatable bonds is 6. The van der Waals surface area contributed by atoms with E-state index in [9.17, 15) is 4.39 Å². The highest BCUT2D eigenvalue weighted by Gasteiger charge is 2.10. The van der Waals surface area contributed by atoms with E-state index in [1.165, 1.54) is 16.3 Å². The van der Waals surface area contributed by atoms with Gasteiger partial charge in [-0.3, -0.25) is 0 Å². The second kappa shape index (κ2) is 12.7. The zero-order valence-electron chi connectivity index (χ0n) is 25.3. The second-order valence-corrected chi connectivity index (χ2v) is 11.5. The fourth-order valence-corrected chi connectivity index (χ4v) is 5.67. The lowest BCUT2D eigenvalue weighted by molar-refractivity contribution is 0.623. The Morgan fingerprint density at radius 1 is 0.545 bits per heavy atom. The molecule has 0 N–H and O–H groups in total. The summed E-state index contributed by atoms with van der Waals surface area (Å²) in [4.78, 5) is 0. The standard InChI is InChI=1S/C42H34F2/c1-4-5-6-31-11-22-40(41(43)25-31)34-13-8-30(9-14-34)10-21-39-29(3)24-38(27-42(39)44)33-17-15-32(16-18-33)36-20-19-35-23-28(2)7-12-37(35)26-36/h7-9,11-20,22-27H,4-6H2,1-3H3. The van der Waals surface area contributed by atoms with Gasteiger partial charge >= 0.3 is 0 Å². The number of halogens is 2. The first kappa shape index (κ1) is 29.1. The van der Waals surface area contributed by atoms with Gasteiger partial charge in [0.15, 0.2) is 0 Å². The van der Waals surface area contributed by atoms with Gasteiger partial charge in [0, 0.05) is 11.1 Å². The van der Waals surface area contributed by atoms with Gasteiger partial charge in [0.1, 0.15) is 11.6 Å². The molecule has 6 aromatic carbocycles. The van der Waals surface area contributed by atoms with E-state index < -0.39 is 0 Å². The molecule has 6 rings (SSSR count). The first-order valence-electron chi connectivity index (χ1n) is 15.2. The third-order valence-electron chi connectivity index (χ3n) is 8.21. The first-order chi connectivity index (χ1) is 21.4. The van der Waals surface area contributed by atoms with Crippen molar-refractivity contribution in [1.29, 1.82) is 0 Å². The predicted molar refractivity (Wildman–Crippen MR) is 181 cm³/mol. The number of hydrogen-bond donors (Lipinski definition) is 0. The summed E-state index contributed by atoms with van der Waals surface area (Å²) in [6.07, 6.45) is 3.02. The van der Waals surface area contributed by atoms with Crippen LogP contribution in [0.5, 0.6) is 0 Å². The van der Waals surface area contributed by atoms with Crippen LogP contribution < -0.4 is 0 Å². The van der Waals surface area contributed by atoms with Crippen molar-refractivity contribution in [3.8, 4) is 45.2 Å². The highest BCUT2D eigenvalue weighted by molar-refractivity contribution is 5.88. The van der Waals surface area contributed by atoms with Crippen LogP contribution in [0, 0.1) is 37.3 Å². The summed E-state index contributed by atoms with van der Waals surface area (Å²) in [7, 11) is 0. The molecule has 0 aliphatic heterocycles. The van der Waals surface area contributed by atoms with Crippen molar-refractivity contribution in [2.45, 2.75) is 40.0 Å². The van der Waals surface area contributed by atoms with Crippen LogP contribution in [0.25, 0.3) is 44.2 Å². The van der Waals surface area contributed by atoms with E-state index in [-0.39, 0.29) is 11.6 Å². The van der Waals surface area contributed by atoms with Gasteiger partial charge in [0.05, 0.1) is 5.56 Å². The van der Waals surface area contributed by atoms with Crippen molar-refractivity contribution in [3.05, 3.63) is 155 Å². The van der Waals surface area contributed by atoms with Crippen molar-refractivity contribution in [2.75, 3.05) is 0 Å². The monoisotopic (exact) mass is 576 g/mol. The zero-order valence-corrected chi connectivity index (χ0v) is 25.3. The van der Waals surface area contributed by atoms with Gasteiger partial charge in [-0.2, -0.15) is 0 Å². The molecule has 2 heteroatoms. The van der Waals surface area contributed by atoms with E-state index in [0.29, 0.717) is 11.1 Å². The number of aryl methyl sites for hydroxylation is 3. The molecule has 0 bridgehead atoms. The molecule has 216 valence electrons. The second-order valence-electron chi connectivity index (χ2n) is 11.5. The quantitative estimate of drug-likeness (QED) is 0.173. The zero-order chi connectivity index (χ0) is 30.6.